The fourth-order valence-corrected chi connectivity index (χ4v) is 3.28. The predicted molar refractivity (Wildman–Crippen MR) is 117 cm³/mol. The van der Waals surface area contributed by atoms with Crippen molar-refractivity contribution in [3.63, 3.8) is 0 Å². The summed E-state index contributed by atoms with van der Waals surface area (Å²) in [6.07, 6.45) is 3.37. The van der Waals surface area contributed by atoms with Gasteiger partial charge in [-0.3, -0.25) is 9.78 Å². The minimum Gasteiger partial charge on any atom is -0.332 e. The summed E-state index contributed by atoms with van der Waals surface area (Å²) in [4.78, 5) is 29.3. The highest BCUT2D eigenvalue weighted by Gasteiger charge is 2.12. The summed E-state index contributed by atoms with van der Waals surface area (Å²) in [6.45, 7) is 0.431. The van der Waals surface area contributed by atoms with Crippen LogP contribution in [0, 0.1) is 0 Å². The van der Waals surface area contributed by atoms with Crippen molar-refractivity contribution in [1.29, 1.82) is 0 Å². The summed E-state index contributed by atoms with van der Waals surface area (Å²) in [5.74, 6) is 0. The molecule has 0 saturated heterocycles. The molecule has 2 aromatic carbocycles. The molecule has 0 atom stereocenters. The fraction of sp³-hybridized carbons (Fsp3) is 0.0909. The Morgan fingerprint density at radius 3 is 2.53 bits per heavy atom. The maximum atomic E-state index is 12.9. The smallest absolute Gasteiger partial charge is 0.319 e. The van der Waals surface area contributed by atoms with Gasteiger partial charge < -0.3 is 10.6 Å². The second-order valence-corrected chi connectivity index (χ2v) is 7.01. The van der Waals surface area contributed by atoms with Crippen LogP contribution >= 0.6 is 11.6 Å². The fourth-order valence-electron chi connectivity index (χ4n) is 3.10. The number of para-hydroxylation sites is 1. The number of urea groups is 1. The van der Waals surface area contributed by atoms with Gasteiger partial charge in [-0.05, 0) is 29.8 Å². The molecule has 4 rings (SSSR count). The van der Waals surface area contributed by atoms with Gasteiger partial charge in [0.2, 0.25) is 0 Å². The van der Waals surface area contributed by atoms with Gasteiger partial charge in [0.1, 0.15) is 0 Å². The largest absolute Gasteiger partial charge is 0.332 e. The lowest BCUT2D eigenvalue weighted by molar-refractivity contribution is 0.251. The van der Waals surface area contributed by atoms with E-state index < -0.39 is 6.03 Å². The quantitative estimate of drug-likeness (QED) is 0.514. The molecule has 2 aromatic heterocycles. The first-order valence-corrected chi connectivity index (χ1v) is 9.66. The molecule has 2 N–H and O–H groups in total. The Hall–Kier alpha value is -3.71. The van der Waals surface area contributed by atoms with Crippen LogP contribution in [0.25, 0.3) is 10.8 Å². The van der Waals surface area contributed by atoms with Gasteiger partial charge in [0, 0.05) is 17.8 Å². The van der Waals surface area contributed by atoms with Crippen molar-refractivity contribution in [2.24, 2.45) is 0 Å². The molecule has 8 heteroatoms. The number of pyridine rings is 1. The Morgan fingerprint density at radius 1 is 1.00 bits per heavy atom. The number of hydrogen-bond donors (Lipinski definition) is 2. The van der Waals surface area contributed by atoms with Crippen LogP contribution in [0.5, 0.6) is 0 Å². The van der Waals surface area contributed by atoms with Crippen molar-refractivity contribution >= 4 is 34.1 Å². The molecule has 2 heterocycles. The van der Waals surface area contributed by atoms with Crippen LogP contribution in [-0.2, 0) is 13.1 Å². The Balaban J connectivity index is 1.60. The second-order valence-electron chi connectivity index (χ2n) is 6.60. The Labute approximate surface area is 177 Å². The van der Waals surface area contributed by atoms with E-state index in [1.807, 2.05) is 24.3 Å². The SMILES string of the molecule is O=C(NCc1nn(Cc2cccnc2)c(=O)c2ccccc12)Nc1ccccc1Cl. The van der Waals surface area contributed by atoms with E-state index in [4.69, 9.17) is 11.6 Å². The number of carbonyl (C=O) groups excluding carboxylic acids is 1. The first-order chi connectivity index (χ1) is 14.6. The second kappa shape index (κ2) is 8.75. The molecule has 0 spiro atoms. The molecule has 7 nitrogen and oxygen atoms in total. The highest BCUT2D eigenvalue weighted by Crippen LogP contribution is 2.20. The van der Waals surface area contributed by atoms with Gasteiger partial charge in [-0.15, -0.1) is 0 Å². The number of hydrogen-bond acceptors (Lipinski definition) is 4. The topological polar surface area (TPSA) is 88.9 Å². The third kappa shape index (κ3) is 4.31. The molecular formula is C22H18ClN5O2. The maximum absolute atomic E-state index is 12.9. The molecule has 4 aromatic rings. The number of fused-ring (bicyclic) bond motifs is 1. The first-order valence-electron chi connectivity index (χ1n) is 9.29. The van der Waals surface area contributed by atoms with Gasteiger partial charge >= 0.3 is 6.03 Å². The molecule has 0 aliphatic carbocycles. The molecular weight excluding hydrogens is 402 g/mol. The predicted octanol–water partition coefficient (Wildman–Crippen LogP) is 3.81. The van der Waals surface area contributed by atoms with Crippen molar-refractivity contribution in [2.45, 2.75) is 13.1 Å². The number of carbonyl (C=O) groups is 1. The maximum Gasteiger partial charge on any atom is 0.319 e. The minimum absolute atomic E-state index is 0.143. The molecule has 0 fully saturated rings. The number of halogens is 1. The van der Waals surface area contributed by atoms with Crippen molar-refractivity contribution in [3.8, 4) is 0 Å². The summed E-state index contributed by atoms with van der Waals surface area (Å²) in [6, 6.07) is 17.5. The number of aromatic nitrogens is 3. The van der Waals surface area contributed by atoms with Crippen LogP contribution in [0.3, 0.4) is 0 Å². The van der Waals surface area contributed by atoms with Crippen molar-refractivity contribution in [1.82, 2.24) is 20.1 Å². The molecule has 2 amide bonds. The molecule has 0 aliphatic heterocycles. The van der Waals surface area contributed by atoms with Gasteiger partial charge in [0.25, 0.3) is 5.56 Å². The summed E-state index contributed by atoms with van der Waals surface area (Å²) < 4.78 is 1.39. The first kappa shape index (κ1) is 19.6. The zero-order valence-corrected chi connectivity index (χ0v) is 16.6. The molecule has 30 heavy (non-hydrogen) atoms. The van der Waals surface area contributed by atoms with Crippen LogP contribution in [0.1, 0.15) is 11.3 Å². The van der Waals surface area contributed by atoms with E-state index in [0.29, 0.717) is 27.2 Å². The number of rotatable bonds is 5. The molecule has 0 aliphatic rings. The van der Waals surface area contributed by atoms with E-state index in [1.165, 1.54) is 4.68 Å². The summed E-state index contributed by atoms with van der Waals surface area (Å²) >= 11 is 6.08. The number of anilines is 1. The number of nitrogens with one attached hydrogen (secondary N) is 2. The van der Waals surface area contributed by atoms with E-state index in [-0.39, 0.29) is 18.6 Å². The Morgan fingerprint density at radius 2 is 1.77 bits per heavy atom. The van der Waals surface area contributed by atoms with Gasteiger partial charge in [-0.25, -0.2) is 9.48 Å². The van der Waals surface area contributed by atoms with Crippen LogP contribution in [0.15, 0.2) is 77.9 Å². The van der Waals surface area contributed by atoms with Crippen molar-refractivity contribution < 1.29 is 4.79 Å². The highest BCUT2D eigenvalue weighted by molar-refractivity contribution is 6.33. The summed E-state index contributed by atoms with van der Waals surface area (Å²) in [5, 5.41) is 11.7. The average Bonchev–Trinajstić information content (AvgIpc) is 2.77. The lowest BCUT2D eigenvalue weighted by Crippen LogP contribution is -2.31. The molecule has 0 bridgehead atoms. The summed E-state index contributed by atoms with van der Waals surface area (Å²) in [5.41, 5.74) is 1.76. The van der Waals surface area contributed by atoms with Crippen LogP contribution in [0.2, 0.25) is 5.02 Å². The third-order valence-electron chi connectivity index (χ3n) is 4.54. The normalized spacial score (nSPS) is 10.7. The lowest BCUT2D eigenvalue weighted by atomic mass is 10.1. The summed E-state index contributed by atoms with van der Waals surface area (Å²) in [7, 11) is 0. The van der Waals surface area contributed by atoms with Gasteiger partial charge in [-0.2, -0.15) is 5.10 Å². The van der Waals surface area contributed by atoms with Gasteiger partial charge in [0.05, 0.1) is 34.9 Å². The average molecular weight is 420 g/mol. The molecule has 0 saturated carbocycles. The zero-order valence-electron chi connectivity index (χ0n) is 15.9. The standard InChI is InChI=1S/C22H18ClN5O2/c23-18-9-3-4-10-19(18)26-22(30)25-13-20-16-7-1-2-8-17(16)21(29)28(27-20)14-15-6-5-11-24-12-15/h1-12H,13-14H2,(H2,25,26,30). The van der Waals surface area contributed by atoms with E-state index >= 15 is 0 Å². The van der Waals surface area contributed by atoms with E-state index in [9.17, 15) is 9.59 Å². The molecule has 0 unspecified atom stereocenters. The Bertz CT molecular complexity index is 1260. The van der Waals surface area contributed by atoms with Crippen LogP contribution in [0.4, 0.5) is 10.5 Å². The van der Waals surface area contributed by atoms with E-state index in [2.05, 4.69) is 20.7 Å². The number of amides is 2. The zero-order chi connectivity index (χ0) is 20.9. The molecule has 0 radical (unpaired) electrons. The monoisotopic (exact) mass is 419 g/mol. The minimum atomic E-state index is -0.418. The highest BCUT2D eigenvalue weighted by atomic mass is 35.5. The Kier molecular flexibility index (Phi) is 5.72. The number of nitrogens with zero attached hydrogens (tertiary/aromatic N) is 3. The van der Waals surface area contributed by atoms with Crippen molar-refractivity contribution in [2.75, 3.05) is 5.32 Å². The van der Waals surface area contributed by atoms with Crippen molar-refractivity contribution in [3.05, 3.63) is 99.7 Å². The van der Waals surface area contributed by atoms with Crippen LogP contribution in [-0.4, -0.2) is 20.8 Å². The number of benzene rings is 2. The van der Waals surface area contributed by atoms with Crippen LogP contribution < -0.4 is 16.2 Å². The van der Waals surface area contributed by atoms with E-state index in [0.717, 1.165) is 5.56 Å². The van der Waals surface area contributed by atoms with Gasteiger partial charge in [-0.1, -0.05) is 48.0 Å². The van der Waals surface area contributed by atoms with E-state index in [1.54, 1.807) is 48.8 Å². The molecule has 150 valence electrons. The lowest BCUT2D eigenvalue weighted by Gasteiger charge is -2.13. The third-order valence-corrected chi connectivity index (χ3v) is 4.87. The van der Waals surface area contributed by atoms with Gasteiger partial charge in [0.15, 0.2) is 0 Å².